The number of hydrogen-bond donors (Lipinski definition) is 0. The van der Waals surface area contributed by atoms with Gasteiger partial charge in [0.25, 0.3) is 10.1 Å². The molecule has 0 N–H and O–H groups in total. The van der Waals surface area contributed by atoms with Crippen molar-refractivity contribution in [2.75, 3.05) is 12.9 Å². The van der Waals surface area contributed by atoms with Crippen LogP contribution in [0.2, 0.25) is 5.02 Å². The minimum atomic E-state index is -3.52. The van der Waals surface area contributed by atoms with Gasteiger partial charge in [0.2, 0.25) is 0 Å². The molecule has 1 rings (SSSR count). The highest BCUT2D eigenvalue weighted by atomic mass is 35.5. The Labute approximate surface area is 104 Å². The zero-order valence-corrected chi connectivity index (χ0v) is 10.9. The molecule has 0 aliphatic heterocycles. The Kier molecular flexibility index (Phi) is 4.73. The highest BCUT2D eigenvalue weighted by Gasteiger charge is 2.11. The van der Waals surface area contributed by atoms with Gasteiger partial charge in [-0.1, -0.05) is 11.6 Å². The molecule has 0 aromatic heterocycles. The van der Waals surface area contributed by atoms with Crippen LogP contribution in [0.15, 0.2) is 18.2 Å². The van der Waals surface area contributed by atoms with Gasteiger partial charge in [-0.05, 0) is 19.1 Å². The lowest BCUT2D eigenvalue weighted by molar-refractivity contribution is 0.150. The Bertz CT molecular complexity index is 489. The third-order valence-electron chi connectivity index (χ3n) is 1.71. The zero-order chi connectivity index (χ0) is 13.1. The second kappa shape index (κ2) is 5.66. The van der Waals surface area contributed by atoms with Crippen LogP contribution in [-0.4, -0.2) is 27.4 Å². The third kappa shape index (κ3) is 5.34. The minimum Gasteiger partial charge on any atom is -0.491 e. The molecule has 96 valence electrons. The van der Waals surface area contributed by atoms with E-state index in [1.54, 1.807) is 0 Å². The van der Waals surface area contributed by atoms with E-state index in [0.29, 0.717) is 0 Å². The second-order valence-electron chi connectivity index (χ2n) is 3.50. The van der Waals surface area contributed by atoms with Gasteiger partial charge < -0.3 is 4.74 Å². The van der Waals surface area contributed by atoms with Crippen molar-refractivity contribution < 1.29 is 21.7 Å². The van der Waals surface area contributed by atoms with Crippen molar-refractivity contribution in [2.24, 2.45) is 0 Å². The van der Waals surface area contributed by atoms with E-state index in [9.17, 15) is 12.8 Å². The standard InChI is InChI=1S/C10H12ClFO4S/c1-7(16-17(2,13)14)6-15-8-3-4-9(11)10(12)5-8/h3-5,7H,6H2,1-2H3/t7-/m1/s1. The molecule has 4 nitrogen and oxygen atoms in total. The molecule has 7 heteroatoms. The molecule has 0 amide bonds. The summed E-state index contributed by atoms with van der Waals surface area (Å²) in [6, 6.07) is 3.96. The molecule has 1 aromatic rings. The van der Waals surface area contributed by atoms with Crippen LogP contribution in [0.5, 0.6) is 5.75 Å². The van der Waals surface area contributed by atoms with E-state index in [1.165, 1.54) is 19.1 Å². The maximum atomic E-state index is 13.0. The molecule has 0 aliphatic rings. The molecule has 0 spiro atoms. The summed E-state index contributed by atoms with van der Waals surface area (Å²) in [4.78, 5) is 0. The van der Waals surface area contributed by atoms with Gasteiger partial charge in [-0.25, -0.2) is 4.39 Å². The Morgan fingerprint density at radius 3 is 2.65 bits per heavy atom. The molecule has 0 saturated heterocycles. The SMILES string of the molecule is C[C@H](COc1ccc(Cl)c(F)c1)OS(C)(=O)=O. The van der Waals surface area contributed by atoms with E-state index in [-0.39, 0.29) is 17.4 Å². The summed E-state index contributed by atoms with van der Waals surface area (Å²) in [5.41, 5.74) is 0. The largest absolute Gasteiger partial charge is 0.491 e. The monoisotopic (exact) mass is 282 g/mol. The van der Waals surface area contributed by atoms with Crippen molar-refractivity contribution in [1.82, 2.24) is 0 Å². The lowest BCUT2D eigenvalue weighted by Crippen LogP contribution is -2.21. The second-order valence-corrected chi connectivity index (χ2v) is 5.51. The molecule has 0 bridgehead atoms. The quantitative estimate of drug-likeness (QED) is 0.777. The number of benzene rings is 1. The van der Waals surface area contributed by atoms with Gasteiger partial charge in [-0.3, -0.25) is 4.18 Å². The van der Waals surface area contributed by atoms with E-state index in [2.05, 4.69) is 4.18 Å². The van der Waals surface area contributed by atoms with Crippen LogP contribution >= 0.6 is 11.6 Å². The summed E-state index contributed by atoms with van der Waals surface area (Å²) in [6.07, 6.45) is 0.301. The van der Waals surface area contributed by atoms with Gasteiger partial charge >= 0.3 is 0 Å². The van der Waals surface area contributed by atoms with E-state index in [4.69, 9.17) is 16.3 Å². The number of ether oxygens (including phenoxy) is 1. The van der Waals surface area contributed by atoms with E-state index >= 15 is 0 Å². The first-order valence-corrected chi connectivity index (χ1v) is 6.93. The zero-order valence-electron chi connectivity index (χ0n) is 9.31. The van der Waals surface area contributed by atoms with Crippen LogP contribution in [0.4, 0.5) is 4.39 Å². The molecule has 0 heterocycles. The van der Waals surface area contributed by atoms with E-state index in [0.717, 1.165) is 12.3 Å². The number of hydrogen-bond acceptors (Lipinski definition) is 4. The van der Waals surface area contributed by atoms with Crippen molar-refractivity contribution in [3.63, 3.8) is 0 Å². The van der Waals surface area contributed by atoms with Crippen molar-refractivity contribution >= 4 is 21.7 Å². The highest BCUT2D eigenvalue weighted by molar-refractivity contribution is 7.86. The molecule has 0 unspecified atom stereocenters. The Morgan fingerprint density at radius 2 is 2.12 bits per heavy atom. The summed E-state index contributed by atoms with van der Waals surface area (Å²) in [5, 5.41) is -0.00205. The Balaban J connectivity index is 2.53. The molecule has 0 fully saturated rings. The van der Waals surface area contributed by atoms with Crippen LogP contribution in [0.1, 0.15) is 6.92 Å². The molecular formula is C10H12ClFO4S. The minimum absolute atomic E-state index is 0.00205. The average Bonchev–Trinajstić information content (AvgIpc) is 2.17. The summed E-state index contributed by atoms with van der Waals surface area (Å²) in [6.45, 7) is 1.53. The van der Waals surface area contributed by atoms with Gasteiger partial charge in [0.1, 0.15) is 24.3 Å². The van der Waals surface area contributed by atoms with Gasteiger partial charge in [-0.15, -0.1) is 0 Å². The molecule has 0 aliphatic carbocycles. The average molecular weight is 283 g/mol. The fourth-order valence-corrected chi connectivity index (χ4v) is 1.88. The van der Waals surface area contributed by atoms with Crippen LogP contribution in [-0.2, 0) is 14.3 Å². The molecule has 0 radical (unpaired) electrons. The van der Waals surface area contributed by atoms with Crippen molar-refractivity contribution in [1.29, 1.82) is 0 Å². The summed E-state index contributed by atoms with van der Waals surface area (Å²) >= 11 is 5.50. The smallest absolute Gasteiger partial charge is 0.264 e. The molecule has 1 aromatic carbocycles. The molecular weight excluding hydrogens is 271 g/mol. The highest BCUT2D eigenvalue weighted by Crippen LogP contribution is 2.20. The number of rotatable bonds is 5. The van der Waals surface area contributed by atoms with Crippen LogP contribution < -0.4 is 4.74 Å². The lowest BCUT2D eigenvalue weighted by Gasteiger charge is -2.12. The van der Waals surface area contributed by atoms with Crippen molar-refractivity contribution in [3.8, 4) is 5.75 Å². The van der Waals surface area contributed by atoms with Crippen LogP contribution in [0.25, 0.3) is 0 Å². The first kappa shape index (κ1) is 14.2. The van der Waals surface area contributed by atoms with Gasteiger partial charge in [0.05, 0.1) is 11.3 Å². The Hall–Kier alpha value is -0.850. The van der Waals surface area contributed by atoms with Gasteiger partial charge in [-0.2, -0.15) is 8.42 Å². The van der Waals surface area contributed by atoms with Gasteiger partial charge in [0, 0.05) is 6.07 Å². The Morgan fingerprint density at radius 1 is 1.47 bits per heavy atom. The summed E-state index contributed by atoms with van der Waals surface area (Å²) < 4.78 is 44.4. The van der Waals surface area contributed by atoms with E-state index in [1.807, 2.05) is 0 Å². The normalized spacial score (nSPS) is 13.4. The third-order valence-corrected chi connectivity index (χ3v) is 2.70. The van der Waals surface area contributed by atoms with Crippen LogP contribution in [0, 0.1) is 5.82 Å². The van der Waals surface area contributed by atoms with Crippen LogP contribution in [0.3, 0.4) is 0 Å². The maximum absolute atomic E-state index is 13.0. The first-order chi connectivity index (χ1) is 7.78. The fourth-order valence-electron chi connectivity index (χ4n) is 1.11. The number of halogens is 2. The van der Waals surface area contributed by atoms with Gasteiger partial charge in [0.15, 0.2) is 0 Å². The van der Waals surface area contributed by atoms with Crippen molar-refractivity contribution in [3.05, 3.63) is 29.0 Å². The molecule has 1 atom stereocenters. The lowest BCUT2D eigenvalue weighted by atomic mass is 10.3. The van der Waals surface area contributed by atoms with Crippen molar-refractivity contribution in [2.45, 2.75) is 13.0 Å². The topological polar surface area (TPSA) is 52.6 Å². The first-order valence-electron chi connectivity index (χ1n) is 4.74. The predicted molar refractivity (Wildman–Crippen MR) is 62.3 cm³/mol. The van der Waals surface area contributed by atoms with E-state index < -0.39 is 22.0 Å². The molecule has 0 saturated carbocycles. The maximum Gasteiger partial charge on any atom is 0.264 e. The predicted octanol–water partition coefficient (Wildman–Crippen LogP) is 2.22. The summed E-state index contributed by atoms with van der Waals surface area (Å²) in [7, 11) is -3.52. The molecule has 17 heavy (non-hydrogen) atoms. The fraction of sp³-hybridized carbons (Fsp3) is 0.400. The summed E-state index contributed by atoms with van der Waals surface area (Å²) in [5.74, 6) is -0.336.